The lowest BCUT2D eigenvalue weighted by molar-refractivity contribution is -0.142. The Labute approximate surface area is 191 Å². The Bertz CT molecular complexity index is 922. The average Bonchev–Trinajstić information content (AvgIpc) is 2.79. The maximum absolute atomic E-state index is 13.3. The van der Waals surface area contributed by atoms with E-state index in [1.807, 2.05) is 44.3 Å². The number of carbonyl (C=O) groups is 2. The van der Waals surface area contributed by atoms with Gasteiger partial charge >= 0.3 is 0 Å². The molecule has 2 amide bonds. The Morgan fingerprint density at radius 1 is 1.06 bits per heavy atom. The summed E-state index contributed by atoms with van der Waals surface area (Å²) >= 11 is 0. The normalized spacial score (nSPS) is 19.6. The number of amides is 2. The molecule has 1 saturated heterocycles. The van der Waals surface area contributed by atoms with Gasteiger partial charge in [0, 0.05) is 51.3 Å². The highest BCUT2D eigenvalue weighted by molar-refractivity contribution is 5.88. The monoisotopic (exact) mass is 434 g/mol. The van der Waals surface area contributed by atoms with Gasteiger partial charge in [0.15, 0.2) is 0 Å². The molecule has 2 aliphatic rings. The van der Waals surface area contributed by atoms with Crippen LogP contribution in [0.15, 0.2) is 48.7 Å². The zero-order valence-electron chi connectivity index (χ0n) is 19.2. The van der Waals surface area contributed by atoms with Crippen LogP contribution in [0.25, 0.3) is 0 Å². The van der Waals surface area contributed by atoms with Gasteiger partial charge in [0.25, 0.3) is 0 Å². The van der Waals surface area contributed by atoms with Crippen LogP contribution < -0.4 is 5.32 Å². The zero-order chi connectivity index (χ0) is 22.5. The van der Waals surface area contributed by atoms with Gasteiger partial charge in [-0.1, -0.05) is 44.2 Å². The molecule has 2 aromatic rings. The maximum atomic E-state index is 13.3. The molecule has 3 heterocycles. The molecule has 0 radical (unpaired) electrons. The highest BCUT2D eigenvalue weighted by atomic mass is 16.2. The van der Waals surface area contributed by atoms with Crippen molar-refractivity contribution < 1.29 is 9.59 Å². The lowest BCUT2D eigenvalue weighted by Gasteiger charge is -2.38. The van der Waals surface area contributed by atoms with Crippen LogP contribution in [0, 0.1) is 5.92 Å². The predicted molar refractivity (Wildman–Crippen MR) is 125 cm³/mol. The molecule has 6 nitrogen and oxygen atoms in total. The van der Waals surface area contributed by atoms with E-state index in [0.29, 0.717) is 19.4 Å². The number of carbonyl (C=O) groups excluding carboxylic acids is 2. The molecule has 1 aromatic carbocycles. The van der Waals surface area contributed by atoms with Crippen LogP contribution in [-0.4, -0.2) is 51.8 Å². The zero-order valence-corrected chi connectivity index (χ0v) is 19.2. The van der Waals surface area contributed by atoms with Crippen LogP contribution in [0.5, 0.6) is 0 Å². The molecule has 4 rings (SSSR count). The van der Waals surface area contributed by atoms with Gasteiger partial charge in [-0.2, -0.15) is 0 Å². The molecule has 1 aromatic heterocycles. The molecule has 0 saturated carbocycles. The van der Waals surface area contributed by atoms with E-state index in [1.165, 1.54) is 5.56 Å². The molecule has 6 heteroatoms. The van der Waals surface area contributed by atoms with E-state index in [0.717, 1.165) is 43.7 Å². The van der Waals surface area contributed by atoms with E-state index in [2.05, 4.69) is 33.4 Å². The molecule has 170 valence electrons. The second-order valence-corrected chi connectivity index (χ2v) is 9.49. The second-order valence-electron chi connectivity index (χ2n) is 9.49. The Kier molecular flexibility index (Phi) is 7.20. The SMILES string of the molecule is CC(C)CC(=O)N1Cc2ccccc2CC1C(=O)NC1CCN(Cc2ccccn2)CC1. The molecule has 2 aliphatic heterocycles. The summed E-state index contributed by atoms with van der Waals surface area (Å²) in [5.41, 5.74) is 3.40. The molecule has 1 N–H and O–H groups in total. The summed E-state index contributed by atoms with van der Waals surface area (Å²) in [7, 11) is 0. The molecule has 1 fully saturated rings. The first-order valence-electron chi connectivity index (χ1n) is 11.8. The standard InChI is InChI=1S/C26H34N4O2/c1-19(2)15-25(31)30-17-21-8-4-3-7-20(21)16-24(30)26(32)28-22-10-13-29(14-11-22)18-23-9-5-6-12-27-23/h3-9,12,19,22,24H,10-11,13-18H2,1-2H3,(H,28,32). The summed E-state index contributed by atoms with van der Waals surface area (Å²) in [6.45, 7) is 7.32. The lowest BCUT2D eigenvalue weighted by atomic mass is 9.92. The van der Waals surface area contributed by atoms with Gasteiger partial charge in [0.2, 0.25) is 11.8 Å². The quantitative estimate of drug-likeness (QED) is 0.759. The van der Waals surface area contributed by atoms with E-state index in [-0.39, 0.29) is 23.8 Å². The van der Waals surface area contributed by atoms with Crippen molar-refractivity contribution >= 4 is 11.8 Å². The van der Waals surface area contributed by atoms with Crippen LogP contribution in [0.1, 0.15) is 49.9 Å². The predicted octanol–water partition coefficient (Wildman–Crippen LogP) is 3.16. The summed E-state index contributed by atoms with van der Waals surface area (Å²) < 4.78 is 0. The number of piperidine rings is 1. The van der Waals surface area contributed by atoms with Gasteiger partial charge in [0.1, 0.15) is 6.04 Å². The first kappa shape index (κ1) is 22.5. The van der Waals surface area contributed by atoms with Gasteiger partial charge < -0.3 is 10.2 Å². The summed E-state index contributed by atoms with van der Waals surface area (Å²) in [5, 5.41) is 3.27. The topological polar surface area (TPSA) is 65.5 Å². The first-order valence-corrected chi connectivity index (χ1v) is 11.8. The fourth-order valence-electron chi connectivity index (χ4n) is 4.74. The van der Waals surface area contributed by atoms with Crippen LogP contribution in [0.2, 0.25) is 0 Å². The van der Waals surface area contributed by atoms with Gasteiger partial charge in [-0.05, 0) is 42.0 Å². The van der Waals surface area contributed by atoms with E-state index < -0.39 is 6.04 Å². The van der Waals surface area contributed by atoms with Crippen molar-refractivity contribution in [2.75, 3.05) is 13.1 Å². The van der Waals surface area contributed by atoms with E-state index in [1.54, 1.807) is 4.90 Å². The molecular formula is C26H34N4O2. The number of fused-ring (bicyclic) bond motifs is 1. The fourth-order valence-corrected chi connectivity index (χ4v) is 4.74. The number of hydrogen-bond acceptors (Lipinski definition) is 4. The highest BCUT2D eigenvalue weighted by Crippen LogP contribution is 2.25. The minimum Gasteiger partial charge on any atom is -0.351 e. The van der Waals surface area contributed by atoms with Crippen molar-refractivity contribution in [3.8, 4) is 0 Å². The number of hydrogen-bond donors (Lipinski definition) is 1. The van der Waals surface area contributed by atoms with Gasteiger partial charge in [-0.3, -0.25) is 19.5 Å². The summed E-state index contributed by atoms with van der Waals surface area (Å²) in [5.74, 6) is 0.325. The van der Waals surface area contributed by atoms with Crippen molar-refractivity contribution in [1.29, 1.82) is 0 Å². The van der Waals surface area contributed by atoms with Gasteiger partial charge in [0.05, 0.1) is 5.69 Å². The van der Waals surface area contributed by atoms with Gasteiger partial charge in [-0.25, -0.2) is 0 Å². The number of nitrogens with zero attached hydrogens (tertiary/aromatic N) is 3. The largest absolute Gasteiger partial charge is 0.351 e. The van der Waals surface area contributed by atoms with E-state index in [9.17, 15) is 9.59 Å². The third-order valence-electron chi connectivity index (χ3n) is 6.50. The van der Waals surface area contributed by atoms with Crippen molar-refractivity contribution in [3.05, 3.63) is 65.5 Å². The number of nitrogens with one attached hydrogen (secondary N) is 1. The second kappa shape index (κ2) is 10.3. The number of likely N-dealkylation sites (tertiary alicyclic amines) is 1. The fraction of sp³-hybridized carbons (Fsp3) is 0.500. The average molecular weight is 435 g/mol. The summed E-state index contributed by atoms with van der Waals surface area (Å²) in [6, 6.07) is 13.9. The Balaban J connectivity index is 1.37. The number of aromatic nitrogens is 1. The minimum absolute atomic E-state index is 0.0141. The Morgan fingerprint density at radius 2 is 1.78 bits per heavy atom. The number of rotatable bonds is 6. The van der Waals surface area contributed by atoms with Crippen LogP contribution in [0.3, 0.4) is 0 Å². The van der Waals surface area contributed by atoms with E-state index in [4.69, 9.17) is 0 Å². The number of benzene rings is 1. The molecule has 0 bridgehead atoms. The van der Waals surface area contributed by atoms with Crippen molar-refractivity contribution in [2.24, 2.45) is 5.92 Å². The lowest BCUT2D eigenvalue weighted by Crippen LogP contribution is -2.55. The molecule has 0 aliphatic carbocycles. The highest BCUT2D eigenvalue weighted by Gasteiger charge is 2.35. The Hall–Kier alpha value is -2.73. The molecule has 1 unspecified atom stereocenters. The van der Waals surface area contributed by atoms with Crippen LogP contribution in [-0.2, 0) is 29.1 Å². The third kappa shape index (κ3) is 5.54. The Morgan fingerprint density at radius 3 is 2.47 bits per heavy atom. The van der Waals surface area contributed by atoms with Crippen molar-refractivity contribution in [3.63, 3.8) is 0 Å². The van der Waals surface area contributed by atoms with E-state index >= 15 is 0 Å². The molecule has 1 atom stereocenters. The summed E-state index contributed by atoms with van der Waals surface area (Å²) in [6.07, 6.45) is 4.73. The molecule has 0 spiro atoms. The van der Waals surface area contributed by atoms with Crippen LogP contribution in [0.4, 0.5) is 0 Å². The van der Waals surface area contributed by atoms with Crippen molar-refractivity contribution in [2.45, 2.75) is 64.7 Å². The third-order valence-corrected chi connectivity index (χ3v) is 6.50. The smallest absolute Gasteiger partial charge is 0.243 e. The van der Waals surface area contributed by atoms with Gasteiger partial charge in [-0.15, -0.1) is 0 Å². The number of pyridine rings is 1. The first-order chi connectivity index (χ1) is 15.5. The van der Waals surface area contributed by atoms with Crippen LogP contribution >= 0.6 is 0 Å². The minimum atomic E-state index is -0.428. The maximum Gasteiger partial charge on any atom is 0.243 e. The molecular weight excluding hydrogens is 400 g/mol. The van der Waals surface area contributed by atoms with Crippen molar-refractivity contribution in [1.82, 2.24) is 20.1 Å². The summed E-state index contributed by atoms with van der Waals surface area (Å²) in [4.78, 5) is 34.9. The molecule has 32 heavy (non-hydrogen) atoms.